The summed E-state index contributed by atoms with van der Waals surface area (Å²) in [5.41, 5.74) is 0.971. The topological polar surface area (TPSA) is 29.5 Å². The summed E-state index contributed by atoms with van der Waals surface area (Å²) in [7, 11) is 1.68. The normalized spacial score (nSPS) is 10.8. The van der Waals surface area contributed by atoms with E-state index in [4.69, 9.17) is 4.74 Å². The molecule has 1 heterocycles. The van der Waals surface area contributed by atoms with Gasteiger partial charge in [-0.25, -0.2) is 0 Å². The first-order chi connectivity index (χ1) is 6.77. The number of ether oxygens (including phenoxy) is 1. The van der Waals surface area contributed by atoms with Crippen LogP contribution in [0.4, 0.5) is 0 Å². The quantitative estimate of drug-likeness (QED) is 0.822. The largest absolute Gasteiger partial charge is 0.495 e. The first kappa shape index (κ1) is 9.49. The molecule has 0 fully saturated rings. The van der Waals surface area contributed by atoms with Crippen LogP contribution in [0.5, 0.6) is 5.75 Å². The van der Waals surface area contributed by atoms with Crippen LogP contribution < -0.4 is 4.74 Å². The van der Waals surface area contributed by atoms with Crippen LogP contribution in [0.3, 0.4) is 0 Å². The molecule has 0 aliphatic rings. The number of aliphatic hydroxyl groups excluding tert-OH is 1. The molecule has 1 aromatic heterocycles. The second-order valence-corrected chi connectivity index (χ2v) is 4.37. The molecule has 0 radical (unpaired) electrons. The molecule has 2 aromatic rings. The van der Waals surface area contributed by atoms with Crippen molar-refractivity contribution in [3.05, 3.63) is 28.6 Å². The standard InChI is InChI=1S/C11H12O2S/c1-7-10(13-2)9-5-3-4-8(6-12)11(9)14-7/h3-5,12H,6H2,1-2H3. The Morgan fingerprint density at radius 1 is 1.43 bits per heavy atom. The molecule has 2 nitrogen and oxygen atoms in total. The van der Waals surface area contributed by atoms with Crippen molar-refractivity contribution in [2.24, 2.45) is 0 Å². The zero-order valence-electron chi connectivity index (χ0n) is 8.20. The summed E-state index contributed by atoms with van der Waals surface area (Å²) in [5, 5.41) is 10.3. The molecule has 74 valence electrons. The number of aryl methyl sites for hydroxylation is 1. The van der Waals surface area contributed by atoms with Crippen LogP contribution in [0.1, 0.15) is 10.4 Å². The predicted molar refractivity (Wildman–Crippen MR) is 59.0 cm³/mol. The number of hydrogen-bond acceptors (Lipinski definition) is 3. The third-order valence-corrected chi connectivity index (χ3v) is 3.47. The molecule has 0 saturated carbocycles. The molecule has 0 saturated heterocycles. The maximum absolute atomic E-state index is 9.17. The van der Waals surface area contributed by atoms with Crippen LogP contribution in [0.25, 0.3) is 10.1 Å². The van der Waals surface area contributed by atoms with Crippen LogP contribution in [0.15, 0.2) is 18.2 Å². The number of thiophene rings is 1. The molecule has 0 amide bonds. The van der Waals surface area contributed by atoms with Crippen LogP contribution >= 0.6 is 11.3 Å². The fourth-order valence-corrected chi connectivity index (χ4v) is 2.78. The maximum atomic E-state index is 9.17. The summed E-state index contributed by atoms with van der Waals surface area (Å²) >= 11 is 1.67. The molecule has 2 rings (SSSR count). The summed E-state index contributed by atoms with van der Waals surface area (Å²) < 4.78 is 6.46. The predicted octanol–water partition coefficient (Wildman–Crippen LogP) is 2.71. The Bertz CT molecular complexity index is 460. The third-order valence-electron chi connectivity index (χ3n) is 2.29. The Hall–Kier alpha value is -1.06. The molecule has 0 aliphatic heterocycles. The summed E-state index contributed by atoms with van der Waals surface area (Å²) in [6.45, 7) is 2.12. The maximum Gasteiger partial charge on any atom is 0.140 e. The zero-order chi connectivity index (χ0) is 10.1. The number of benzene rings is 1. The van der Waals surface area contributed by atoms with Gasteiger partial charge in [-0.05, 0) is 18.6 Å². The van der Waals surface area contributed by atoms with E-state index in [0.29, 0.717) is 0 Å². The molecule has 0 atom stereocenters. The fourth-order valence-electron chi connectivity index (χ4n) is 1.65. The van der Waals surface area contributed by atoms with E-state index < -0.39 is 0 Å². The van der Waals surface area contributed by atoms with E-state index in [9.17, 15) is 5.11 Å². The Balaban J connectivity index is 2.79. The monoisotopic (exact) mass is 208 g/mol. The van der Waals surface area contributed by atoms with Crippen molar-refractivity contribution in [1.29, 1.82) is 0 Å². The van der Waals surface area contributed by atoms with E-state index >= 15 is 0 Å². The lowest BCUT2D eigenvalue weighted by molar-refractivity contribution is 0.283. The first-order valence-electron chi connectivity index (χ1n) is 4.43. The summed E-state index contributed by atoms with van der Waals surface area (Å²) in [6.07, 6.45) is 0. The highest BCUT2D eigenvalue weighted by molar-refractivity contribution is 7.19. The Morgan fingerprint density at radius 2 is 2.21 bits per heavy atom. The molecule has 3 heteroatoms. The highest BCUT2D eigenvalue weighted by atomic mass is 32.1. The van der Waals surface area contributed by atoms with Gasteiger partial charge in [-0.1, -0.05) is 12.1 Å². The molecule has 0 spiro atoms. The van der Waals surface area contributed by atoms with Gasteiger partial charge < -0.3 is 9.84 Å². The van der Waals surface area contributed by atoms with Crippen LogP contribution in [0.2, 0.25) is 0 Å². The van der Waals surface area contributed by atoms with Crippen molar-refractivity contribution < 1.29 is 9.84 Å². The minimum atomic E-state index is 0.0838. The number of aliphatic hydroxyl groups is 1. The van der Waals surface area contributed by atoms with Crippen molar-refractivity contribution in [3.63, 3.8) is 0 Å². The zero-order valence-corrected chi connectivity index (χ0v) is 9.02. The Labute approximate surface area is 86.8 Å². The average Bonchev–Trinajstić information content (AvgIpc) is 2.52. The van der Waals surface area contributed by atoms with Gasteiger partial charge in [0.1, 0.15) is 5.75 Å². The molecule has 1 aromatic carbocycles. The third kappa shape index (κ3) is 1.29. The highest BCUT2D eigenvalue weighted by Gasteiger charge is 2.11. The van der Waals surface area contributed by atoms with Crippen molar-refractivity contribution in [3.8, 4) is 5.75 Å². The van der Waals surface area contributed by atoms with Gasteiger partial charge >= 0.3 is 0 Å². The molecule has 14 heavy (non-hydrogen) atoms. The lowest BCUT2D eigenvalue weighted by Gasteiger charge is -2.00. The molecule has 0 aliphatic carbocycles. The summed E-state index contributed by atoms with van der Waals surface area (Å²) in [4.78, 5) is 1.16. The van der Waals surface area contributed by atoms with E-state index in [2.05, 4.69) is 0 Å². The van der Waals surface area contributed by atoms with Crippen molar-refractivity contribution in [1.82, 2.24) is 0 Å². The summed E-state index contributed by atoms with van der Waals surface area (Å²) in [5.74, 6) is 0.931. The minimum Gasteiger partial charge on any atom is -0.495 e. The number of hydrogen-bond donors (Lipinski definition) is 1. The van der Waals surface area contributed by atoms with E-state index in [1.165, 1.54) is 0 Å². The average molecular weight is 208 g/mol. The van der Waals surface area contributed by atoms with Gasteiger partial charge in [-0.3, -0.25) is 0 Å². The number of fused-ring (bicyclic) bond motifs is 1. The number of methoxy groups -OCH3 is 1. The van der Waals surface area contributed by atoms with Crippen LogP contribution in [-0.2, 0) is 6.61 Å². The van der Waals surface area contributed by atoms with Crippen LogP contribution in [0, 0.1) is 6.92 Å². The lowest BCUT2D eigenvalue weighted by atomic mass is 10.1. The van der Waals surface area contributed by atoms with Gasteiger partial charge in [-0.2, -0.15) is 0 Å². The van der Waals surface area contributed by atoms with E-state index in [1.54, 1.807) is 18.4 Å². The van der Waals surface area contributed by atoms with Gasteiger partial charge in [0, 0.05) is 15.0 Å². The van der Waals surface area contributed by atoms with Crippen molar-refractivity contribution in [2.45, 2.75) is 13.5 Å². The summed E-state index contributed by atoms with van der Waals surface area (Å²) in [6, 6.07) is 5.91. The molecular formula is C11H12O2S. The Morgan fingerprint density at radius 3 is 2.86 bits per heavy atom. The van der Waals surface area contributed by atoms with E-state index in [0.717, 1.165) is 26.3 Å². The SMILES string of the molecule is COc1c(C)sc2c(CO)cccc12. The second kappa shape index (κ2) is 3.59. The first-order valence-corrected chi connectivity index (χ1v) is 5.25. The van der Waals surface area contributed by atoms with Gasteiger partial charge in [0.2, 0.25) is 0 Å². The van der Waals surface area contributed by atoms with Crippen molar-refractivity contribution in [2.75, 3.05) is 7.11 Å². The minimum absolute atomic E-state index is 0.0838. The fraction of sp³-hybridized carbons (Fsp3) is 0.273. The van der Waals surface area contributed by atoms with Gasteiger partial charge in [0.05, 0.1) is 13.7 Å². The van der Waals surface area contributed by atoms with E-state index in [1.807, 2.05) is 25.1 Å². The van der Waals surface area contributed by atoms with E-state index in [-0.39, 0.29) is 6.61 Å². The van der Waals surface area contributed by atoms with Gasteiger partial charge in [0.15, 0.2) is 0 Å². The second-order valence-electron chi connectivity index (χ2n) is 3.14. The van der Waals surface area contributed by atoms with Gasteiger partial charge in [-0.15, -0.1) is 11.3 Å². The Kier molecular flexibility index (Phi) is 2.44. The number of rotatable bonds is 2. The molecule has 0 unspecified atom stereocenters. The van der Waals surface area contributed by atoms with Crippen LogP contribution in [-0.4, -0.2) is 12.2 Å². The molecule has 0 bridgehead atoms. The molecular weight excluding hydrogens is 196 g/mol. The molecule has 1 N–H and O–H groups in total. The smallest absolute Gasteiger partial charge is 0.140 e. The highest BCUT2D eigenvalue weighted by Crippen LogP contribution is 2.38. The lowest BCUT2D eigenvalue weighted by Crippen LogP contribution is -1.84. The van der Waals surface area contributed by atoms with Crippen molar-refractivity contribution >= 4 is 21.4 Å². The van der Waals surface area contributed by atoms with Gasteiger partial charge in [0.25, 0.3) is 0 Å².